The van der Waals surface area contributed by atoms with Crippen LogP contribution in [-0.2, 0) is 49.1 Å². The van der Waals surface area contributed by atoms with Crippen molar-refractivity contribution in [1.29, 1.82) is 0 Å². The number of esters is 1. The number of carbonyl (C=O) groups is 4. The maximum absolute atomic E-state index is 13.9. The maximum atomic E-state index is 13.9. The number of aliphatic imine (C=N–C) groups is 1. The number of benzene rings is 2. The minimum atomic E-state index is -5.56. The lowest BCUT2D eigenvalue weighted by molar-refractivity contribution is -0.288. The SMILES string of the molecule is Cn1cc(-c2coc3cc(O)c(O)c(C(=O)OCc4cn(CC(=O)[C@](N)(CCCN=C(N)N)C(=O)OOC(=O)C(F)(F)F)nn4)c3c2=O)c(=O)c2cc(O)c(O)cc21. The number of fused-ring (bicyclic) bond motifs is 2. The van der Waals surface area contributed by atoms with Crippen LogP contribution in [0.1, 0.15) is 28.9 Å². The zero-order valence-corrected chi connectivity index (χ0v) is 29.5. The van der Waals surface area contributed by atoms with Crippen molar-refractivity contribution in [3.05, 3.63) is 68.6 Å². The molecule has 22 nitrogen and oxygen atoms in total. The number of ketones is 1. The number of rotatable bonds is 12. The highest BCUT2D eigenvalue weighted by Crippen LogP contribution is 2.36. The predicted octanol–water partition coefficient (Wildman–Crippen LogP) is -0.0333. The Balaban J connectivity index is 1.39. The first-order chi connectivity index (χ1) is 27.1. The first-order valence-electron chi connectivity index (χ1n) is 16.1. The second-order valence-electron chi connectivity index (χ2n) is 12.3. The van der Waals surface area contributed by atoms with Crippen LogP contribution in [0.3, 0.4) is 0 Å². The largest absolute Gasteiger partial charge is 0.504 e. The number of pyridine rings is 1. The van der Waals surface area contributed by atoms with E-state index in [2.05, 4.69) is 25.1 Å². The summed E-state index contributed by atoms with van der Waals surface area (Å²) in [5.41, 5.74) is 9.79. The molecule has 58 heavy (non-hydrogen) atoms. The number of guanidine groups is 1. The summed E-state index contributed by atoms with van der Waals surface area (Å²) in [6.07, 6.45) is -3.31. The number of aryl methyl sites for hydroxylation is 1. The molecule has 0 bridgehead atoms. The van der Waals surface area contributed by atoms with Gasteiger partial charge in [-0.15, -0.1) is 5.10 Å². The molecule has 0 aliphatic rings. The Labute approximate surface area is 319 Å². The van der Waals surface area contributed by atoms with E-state index in [9.17, 15) is 62.4 Å². The third kappa shape index (κ3) is 8.27. The van der Waals surface area contributed by atoms with Crippen LogP contribution in [0.5, 0.6) is 23.0 Å². The van der Waals surface area contributed by atoms with Gasteiger partial charge in [-0.25, -0.2) is 28.8 Å². The average molecular weight is 819 g/mol. The van der Waals surface area contributed by atoms with Crippen molar-refractivity contribution in [3.8, 4) is 34.1 Å². The average Bonchev–Trinajstić information content (AvgIpc) is 3.61. The van der Waals surface area contributed by atoms with E-state index in [1.54, 1.807) is 0 Å². The minimum absolute atomic E-state index is 0.107. The number of phenols is 4. The van der Waals surface area contributed by atoms with Gasteiger partial charge in [-0.2, -0.15) is 13.2 Å². The Kier molecular flexibility index (Phi) is 11.3. The van der Waals surface area contributed by atoms with Gasteiger partial charge in [-0.1, -0.05) is 5.21 Å². The number of nitrogens with zero attached hydrogens (tertiary/aromatic N) is 5. The van der Waals surface area contributed by atoms with E-state index in [1.807, 2.05) is 0 Å². The molecular formula is C33H29F3N8O14. The van der Waals surface area contributed by atoms with E-state index in [-0.39, 0.29) is 41.1 Å². The lowest BCUT2D eigenvalue weighted by Gasteiger charge is -2.24. The summed E-state index contributed by atoms with van der Waals surface area (Å²) in [4.78, 5) is 88.7. The lowest BCUT2D eigenvalue weighted by atomic mass is 9.89. The number of nitrogens with two attached hydrogens (primary N) is 3. The van der Waals surface area contributed by atoms with Gasteiger partial charge in [0.25, 0.3) is 0 Å². The minimum Gasteiger partial charge on any atom is -0.504 e. The summed E-state index contributed by atoms with van der Waals surface area (Å²) in [5.74, 6) is -11.0. The molecule has 0 saturated carbocycles. The second kappa shape index (κ2) is 15.8. The number of Topliss-reactive ketones (excluding diaryl/α,β-unsaturated/α-hetero) is 1. The normalized spacial score (nSPS) is 12.5. The summed E-state index contributed by atoms with van der Waals surface area (Å²) in [6, 6.07) is 2.93. The van der Waals surface area contributed by atoms with E-state index < -0.39 is 111 Å². The van der Waals surface area contributed by atoms with Crippen molar-refractivity contribution in [2.45, 2.75) is 37.7 Å². The topological polar surface area (TPSA) is 350 Å². The van der Waals surface area contributed by atoms with Crippen molar-refractivity contribution in [3.63, 3.8) is 0 Å². The Morgan fingerprint density at radius 1 is 0.931 bits per heavy atom. The molecule has 10 N–H and O–H groups in total. The monoisotopic (exact) mass is 818 g/mol. The molecule has 1 atom stereocenters. The molecule has 0 radical (unpaired) electrons. The number of ether oxygens (including phenoxy) is 1. The molecule has 0 aliphatic heterocycles. The van der Waals surface area contributed by atoms with Crippen LogP contribution < -0.4 is 28.1 Å². The predicted molar refractivity (Wildman–Crippen MR) is 187 cm³/mol. The number of halogens is 3. The number of hydrogen-bond donors (Lipinski definition) is 7. The fraction of sp³-hybridized carbons (Fsp3) is 0.242. The molecule has 0 aliphatic carbocycles. The number of carbonyl (C=O) groups excluding carboxylic acids is 4. The highest BCUT2D eigenvalue weighted by molar-refractivity contribution is 6.08. The number of phenolic OH excluding ortho intramolecular Hbond substituents is 4. The van der Waals surface area contributed by atoms with E-state index in [4.69, 9.17) is 26.4 Å². The summed E-state index contributed by atoms with van der Waals surface area (Å²) in [7, 11) is 1.47. The summed E-state index contributed by atoms with van der Waals surface area (Å²) in [5, 5.41) is 47.5. The van der Waals surface area contributed by atoms with Crippen LogP contribution in [0.25, 0.3) is 33.0 Å². The molecule has 5 rings (SSSR count). The number of aromatic hydroxyl groups is 4. The Hall–Kier alpha value is -7.70. The Morgan fingerprint density at radius 3 is 2.28 bits per heavy atom. The lowest BCUT2D eigenvalue weighted by Crippen LogP contribution is -2.57. The highest BCUT2D eigenvalue weighted by atomic mass is 19.4. The maximum Gasteiger partial charge on any atom is 0.495 e. The van der Waals surface area contributed by atoms with Crippen molar-refractivity contribution in [2.24, 2.45) is 29.2 Å². The number of aromatic nitrogens is 4. The zero-order chi connectivity index (χ0) is 42.9. The van der Waals surface area contributed by atoms with Gasteiger partial charge in [0, 0.05) is 31.9 Å². The van der Waals surface area contributed by atoms with Gasteiger partial charge >= 0.3 is 24.1 Å². The van der Waals surface area contributed by atoms with Crippen molar-refractivity contribution >= 4 is 51.5 Å². The van der Waals surface area contributed by atoms with Gasteiger partial charge in [0.05, 0.1) is 33.6 Å². The molecule has 0 saturated heterocycles. The molecule has 0 amide bonds. The zero-order valence-electron chi connectivity index (χ0n) is 29.5. The first kappa shape index (κ1) is 41.5. The molecule has 3 heterocycles. The molecule has 0 unspecified atom stereocenters. The van der Waals surface area contributed by atoms with E-state index in [0.717, 1.165) is 35.3 Å². The molecule has 5 aromatic rings. The highest BCUT2D eigenvalue weighted by Gasteiger charge is 2.47. The van der Waals surface area contributed by atoms with Gasteiger partial charge in [-0.05, 0) is 18.9 Å². The number of alkyl halides is 3. The molecule has 0 fully saturated rings. The van der Waals surface area contributed by atoms with Crippen LogP contribution in [-0.4, -0.2) is 87.9 Å². The molecule has 306 valence electrons. The third-order valence-electron chi connectivity index (χ3n) is 8.35. The third-order valence-corrected chi connectivity index (χ3v) is 8.35. The van der Waals surface area contributed by atoms with Gasteiger partial charge < -0.3 is 51.3 Å². The van der Waals surface area contributed by atoms with Crippen molar-refractivity contribution < 1.29 is 71.7 Å². The summed E-state index contributed by atoms with van der Waals surface area (Å²) >= 11 is 0. The van der Waals surface area contributed by atoms with Crippen LogP contribution in [0.15, 0.2) is 55.9 Å². The number of hydrogen-bond acceptors (Lipinski definition) is 18. The van der Waals surface area contributed by atoms with Crippen LogP contribution in [0.2, 0.25) is 0 Å². The van der Waals surface area contributed by atoms with Gasteiger partial charge in [0.1, 0.15) is 36.3 Å². The summed E-state index contributed by atoms with van der Waals surface area (Å²) in [6.45, 7) is -1.88. The quantitative estimate of drug-likeness (QED) is 0.0127. The molecule has 2 aromatic carbocycles. The Bertz CT molecular complexity index is 2650. The summed E-state index contributed by atoms with van der Waals surface area (Å²) < 4.78 is 50.5. The molecule has 3 aromatic heterocycles. The fourth-order valence-electron chi connectivity index (χ4n) is 5.45. The molecular weight excluding hydrogens is 789 g/mol. The van der Waals surface area contributed by atoms with Crippen LogP contribution in [0.4, 0.5) is 13.2 Å². The smallest absolute Gasteiger partial charge is 0.495 e. The van der Waals surface area contributed by atoms with Crippen LogP contribution in [0, 0.1) is 0 Å². The van der Waals surface area contributed by atoms with Gasteiger partial charge in [-0.3, -0.25) is 19.4 Å². The first-order valence-corrected chi connectivity index (χ1v) is 16.1. The molecule has 25 heteroatoms. The standard InChI is InChI=1S/C33H29F3N8O14/c1-43-9-15(25(49)14-5-18(45)19(46)6-17(14)43)16-12-55-21-7-20(47)27(51)24(23(21)26(16)50)28(52)56-11-13-8-44(42-41-13)10-22(48)32(39,3-2-4-40-31(37)38)29(53)57-58-30(54)33(34,35)36/h5-9,12,45-47,51H,2-4,10-11,39H2,1H3,(H4,37,38,40)/t32-/m1/s1. The van der Waals surface area contributed by atoms with E-state index in [1.165, 1.54) is 17.8 Å². The van der Waals surface area contributed by atoms with Gasteiger partial charge in [0.15, 0.2) is 45.7 Å². The van der Waals surface area contributed by atoms with Crippen molar-refractivity contribution in [1.82, 2.24) is 19.6 Å². The second-order valence-corrected chi connectivity index (χ2v) is 12.3. The van der Waals surface area contributed by atoms with Crippen LogP contribution >= 0.6 is 0 Å². The van der Waals surface area contributed by atoms with Gasteiger partial charge in [0.2, 0.25) is 5.43 Å². The van der Waals surface area contributed by atoms with Crippen molar-refractivity contribution in [2.75, 3.05) is 6.54 Å². The van der Waals surface area contributed by atoms with E-state index >= 15 is 0 Å². The molecule has 0 spiro atoms. The Morgan fingerprint density at radius 2 is 1.60 bits per heavy atom. The fourth-order valence-corrected chi connectivity index (χ4v) is 5.45. The van der Waals surface area contributed by atoms with E-state index in [0.29, 0.717) is 0 Å².